The average molecular weight is 345 g/mol. The molecule has 4 rings (SSSR count). The molecule has 26 heavy (non-hydrogen) atoms. The van der Waals surface area contributed by atoms with Gasteiger partial charge in [-0.25, -0.2) is 4.98 Å². The van der Waals surface area contributed by atoms with E-state index < -0.39 is 0 Å². The highest BCUT2D eigenvalue weighted by molar-refractivity contribution is 6.34. The van der Waals surface area contributed by atoms with E-state index in [9.17, 15) is 0 Å². The first-order chi connectivity index (χ1) is 12.8. The van der Waals surface area contributed by atoms with Gasteiger partial charge < -0.3 is 15.8 Å². The second-order valence-electron chi connectivity index (χ2n) is 5.96. The summed E-state index contributed by atoms with van der Waals surface area (Å²) in [6, 6.07) is 15.6. The normalized spacial score (nSPS) is 13.5. The zero-order valence-corrected chi connectivity index (χ0v) is 14.2. The van der Waals surface area contributed by atoms with Crippen LogP contribution < -0.4 is 15.8 Å². The summed E-state index contributed by atoms with van der Waals surface area (Å²) in [4.78, 5) is 12.9. The molecule has 2 aromatic carbocycles. The van der Waals surface area contributed by atoms with Gasteiger partial charge in [-0.3, -0.25) is 9.98 Å². The van der Waals surface area contributed by atoms with E-state index in [1.54, 1.807) is 12.4 Å². The van der Waals surface area contributed by atoms with Crippen molar-refractivity contribution in [3.63, 3.8) is 0 Å². The third-order valence-electron chi connectivity index (χ3n) is 4.12. The van der Waals surface area contributed by atoms with Gasteiger partial charge >= 0.3 is 0 Å². The molecule has 0 unspecified atom stereocenters. The van der Waals surface area contributed by atoms with Crippen LogP contribution in [0.25, 0.3) is 10.8 Å². The monoisotopic (exact) mass is 345 g/mol. The number of fused-ring (bicyclic) bond motifs is 1. The third-order valence-corrected chi connectivity index (χ3v) is 4.12. The minimum absolute atomic E-state index is 0.436. The van der Waals surface area contributed by atoms with Gasteiger partial charge in [0.1, 0.15) is 24.0 Å². The first kappa shape index (κ1) is 16.1. The van der Waals surface area contributed by atoms with Crippen LogP contribution in [0.4, 0.5) is 11.5 Å². The molecule has 0 saturated carbocycles. The number of amidine groups is 1. The lowest BCUT2D eigenvalue weighted by Gasteiger charge is -2.12. The number of nitrogens with zero attached hydrogens (tertiary/aromatic N) is 3. The summed E-state index contributed by atoms with van der Waals surface area (Å²) in [6.45, 7) is 1.87. The topological polar surface area (TPSA) is 84.9 Å². The van der Waals surface area contributed by atoms with Crippen LogP contribution >= 0.6 is 0 Å². The van der Waals surface area contributed by atoms with Crippen LogP contribution in [-0.2, 0) is 6.61 Å². The summed E-state index contributed by atoms with van der Waals surface area (Å²) < 4.78 is 6.04. The van der Waals surface area contributed by atoms with Gasteiger partial charge in [-0.05, 0) is 29.8 Å². The lowest BCUT2D eigenvalue weighted by molar-refractivity contribution is 0.310. The third kappa shape index (κ3) is 3.49. The van der Waals surface area contributed by atoms with E-state index in [-0.39, 0.29) is 0 Å². The van der Waals surface area contributed by atoms with Crippen LogP contribution in [-0.4, -0.2) is 30.1 Å². The molecule has 0 atom stereocenters. The second-order valence-corrected chi connectivity index (χ2v) is 5.96. The number of hydrogen-bond donors (Lipinski definition) is 2. The fraction of sp³-hybridized carbons (Fsp3) is 0.150. The number of nitrogen functional groups attached to an aromatic ring is 1. The standard InChI is InChI=1S/C20H19N5O/c21-17-5-6-18(16-4-2-1-3-15(16)17)26-13-14-7-8-23-19(11-14)25-20-12-22-9-10-24-20/h1-8,11-12H,9-10,13,21H2,(H,23,24,25). The minimum Gasteiger partial charge on any atom is -0.488 e. The van der Waals surface area contributed by atoms with Crippen molar-refractivity contribution in [2.24, 2.45) is 9.98 Å². The van der Waals surface area contributed by atoms with Crippen LogP contribution in [0.2, 0.25) is 0 Å². The fourth-order valence-electron chi connectivity index (χ4n) is 2.84. The van der Waals surface area contributed by atoms with Crippen molar-refractivity contribution in [3.05, 3.63) is 60.3 Å². The van der Waals surface area contributed by atoms with Gasteiger partial charge in [-0.1, -0.05) is 24.3 Å². The molecule has 0 spiro atoms. The molecule has 3 aromatic rings. The van der Waals surface area contributed by atoms with Crippen LogP contribution in [0.3, 0.4) is 0 Å². The molecule has 1 aromatic heterocycles. The number of aliphatic imine (C=N–C) groups is 2. The molecule has 0 saturated heterocycles. The Morgan fingerprint density at radius 3 is 2.77 bits per heavy atom. The number of anilines is 2. The van der Waals surface area contributed by atoms with E-state index in [1.807, 2.05) is 48.5 Å². The molecule has 3 N–H and O–H groups in total. The highest BCUT2D eigenvalue weighted by atomic mass is 16.5. The SMILES string of the molecule is Nc1ccc(OCc2ccnc(NC3=NCCN=C3)c2)c2ccccc12. The molecule has 0 radical (unpaired) electrons. The predicted octanol–water partition coefficient (Wildman–Crippen LogP) is 3.29. The van der Waals surface area contributed by atoms with Gasteiger partial charge in [0.2, 0.25) is 0 Å². The smallest absolute Gasteiger partial charge is 0.144 e. The van der Waals surface area contributed by atoms with Crippen molar-refractivity contribution in [3.8, 4) is 5.75 Å². The van der Waals surface area contributed by atoms with Crippen LogP contribution in [0.1, 0.15) is 5.56 Å². The van der Waals surface area contributed by atoms with Gasteiger partial charge in [-0.2, -0.15) is 0 Å². The van der Waals surface area contributed by atoms with Gasteiger partial charge in [0.25, 0.3) is 0 Å². The molecule has 0 fully saturated rings. The zero-order valence-electron chi connectivity index (χ0n) is 14.2. The Labute approximate surface area is 151 Å². The Kier molecular flexibility index (Phi) is 4.47. The molecular formula is C20H19N5O. The second kappa shape index (κ2) is 7.23. The van der Waals surface area contributed by atoms with Crippen molar-refractivity contribution >= 4 is 34.3 Å². The molecule has 6 heteroatoms. The quantitative estimate of drug-likeness (QED) is 0.711. The maximum absolute atomic E-state index is 6.05. The molecule has 1 aliphatic rings. The Morgan fingerprint density at radius 1 is 1.04 bits per heavy atom. The van der Waals surface area contributed by atoms with Crippen molar-refractivity contribution in [1.29, 1.82) is 0 Å². The first-order valence-corrected chi connectivity index (χ1v) is 8.46. The van der Waals surface area contributed by atoms with Crippen molar-refractivity contribution in [2.75, 3.05) is 24.1 Å². The largest absolute Gasteiger partial charge is 0.488 e. The lowest BCUT2D eigenvalue weighted by atomic mass is 10.1. The van der Waals surface area contributed by atoms with Crippen molar-refractivity contribution in [2.45, 2.75) is 6.61 Å². The van der Waals surface area contributed by atoms with Crippen LogP contribution in [0, 0.1) is 0 Å². The van der Waals surface area contributed by atoms with E-state index in [0.717, 1.165) is 46.0 Å². The molecule has 2 heterocycles. The van der Waals surface area contributed by atoms with E-state index in [2.05, 4.69) is 20.3 Å². The Bertz CT molecular complexity index is 996. The van der Waals surface area contributed by atoms with Crippen LogP contribution in [0.5, 0.6) is 5.75 Å². The molecule has 1 aliphatic heterocycles. The van der Waals surface area contributed by atoms with Crippen LogP contribution in [0.15, 0.2) is 64.7 Å². The number of nitrogens with two attached hydrogens (primary N) is 1. The summed E-state index contributed by atoms with van der Waals surface area (Å²) in [7, 11) is 0. The maximum Gasteiger partial charge on any atom is 0.144 e. The average Bonchev–Trinajstić information content (AvgIpc) is 2.69. The molecule has 6 nitrogen and oxygen atoms in total. The van der Waals surface area contributed by atoms with E-state index in [4.69, 9.17) is 10.5 Å². The summed E-state index contributed by atoms with van der Waals surface area (Å²) >= 11 is 0. The molecule has 130 valence electrons. The first-order valence-electron chi connectivity index (χ1n) is 8.46. The fourth-order valence-corrected chi connectivity index (χ4v) is 2.84. The summed E-state index contributed by atoms with van der Waals surface area (Å²) in [5, 5.41) is 5.18. The van der Waals surface area contributed by atoms with Gasteiger partial charge in [0.05, 0.1) is 19.3 Å². The van der Waals surface area contributed by atoms with Gasteiger partial charge in [-0.15, -0.1) is 0 Å². The number of rotatable bonds is 4. The van der Waals surface area contributed by atoms with Crippen molar-refractivity contribution in [1.82, 2.24) is 4.98 Å². The van der Waals surface area contributed by atoms with E-state index >= 15 is 0 Å². The summed E-state index contributed by atoms with van der Waals surface area (Å²) in [5.74, 6) is 2.26. The Morgan fingerprint density at radius 2 is 1.92 bits per heavy atom. The summed E-state index contributed by atoms with van der Waals surface area (Å²) in [5.41, 5.74) is 7.81. The Hall–Kier alpha value is -3.41. The molecule has 0 bridgehead atoms. The van der Waals surface area contributed by atoms with E-state index in [0.29, 0.717) is 13.2 Å². The van der Waals surface area contributed by atoms with E-state index in [1.165, 1.54) is 0 Å². The highest BCUT2D eigenvalue weighted by Gasteiger charge is 2.06. The number of aromatic nitrogens is 1. The summed E-state index contributed by atoms with van der Waals surface area (Å²) in [6.07, 6.45) is 3.48. The van der Waals surface area contributed by atoms with Gasteiger partial charge in [0.15, 0.2) is 0 Å². The van der Waals surface area contributed by atoms with Crippen molar-refractivity contribution < 1.29 is 4.74 Å². The van der Waals surface area contributed by atoms with Gasteiger partial charge in [0, 0.05) is 22.7 Å². The lowest BCUT2D eigenvalue weighted by Crippen LogP contribution is -2.19. The molecule has 0 aliphatic carbocycles. The Balaban J connectivity index is 1.50. The minimum atomic E-state index is 0.436. The number of hydrogen-bond acceptors (Lipinski definition) is 6. The zero-order chi connectivity index (χ0) is 17.8. The number of pyridine rings is 1. The highest BCUT2D eigenvalue weighted by Crippen LogP contribution is 2.30. The molecular weight excluding hydrogens is 326 g/mol. The molecule has 0 amide bonds. The number of nitrogens with one attached hydrogen (secondary N) is 1. The number of ether oxygens (including phenoxy) is 1. The maximum atomic E-state index is 6.05. The predicted molar refractivity (Wildman–Crippen MR) is 106 cm³/mol. The number of benzene rings is 2.